The molecule has 0 aliphatic carbocycles. The molecule has 100 valence electrons. The molecule has 0 bridgehead atoms. The Labute approximate surface area is 122 Å². The van der Waals surface area contributed by atoms with Crippen molar-refractivity contribution in [3.8, 4) is 0 Å². The Bertz CT molecular complexity index is 664. The quantitative estimate of drug-likeness (QED) is 0.856. The molecule has 0 aliphatic heterocycles. The fourth-order valence-corrected chi connectivity index (χ4v) is 3.12. The van der Waals surface area contributed by atoms with Crippen LogP contribution in [0.15, 0.2) is 57.9 Å². The van der Waals surface area contributed by atoms with Crippen molar-refractivity contribution in [1.29, 1.82) is 0 Å². The van der Waals surface area contributed by atoms with Crippen LogP contribution in [0.25, 0.3) is 0 Å². The van der Waals surface area contributed by atoms with Crippen molar-refractivity contribution >= 4 is 31.6 Å². The molecule has 2 rings (SSSR count). The monoisotopic (exact) mass is 339 g/mol. The first-order valence-corrected chi connectivity index (χ1v) is 7.96. The van der Waals surface area contributed by atoms with E-state index in [0.29, 0.717) is 5.69 Å². The summed E-state index contributed by atoms with van der Waals surface area (Å²) in [6, 6.07) is 14.0. The number of rotatable bonds is 3. The average molecular weight is 340 g/mol. The van der Waals surface area contributed by atoms with Gasteiger partial charge in [0.15, 0.2) is 0 Å². The molecule has 0 amide bonds. The van der Waals surface area contributed by atoms with E-state index in [1.165, 1.54) is 4.31 Å². The zero-order chi connectivity index (χ0) is 14.0. The summed E-state index contributed by atoms with van der Waals surface area (Å²) < 4.78 is 27.0. The second kappa shape index (κ2) is 5.35. The lowest BCUT2D eigenvalue weighted by atomic mass is 10.2. The van der Waals surface area contributed by atoms with E-state index in [-0.39, 0.29) is 4.90 Å². The maximum Gasteiger partial charge on any atom is 0.264 e. The molecule has 0 saturated carbocycles. The fourth-order valence-electron chi connectivity index (χ4n) is 1.66. The second-order valence-corrected chi connectivity index (χ2v) is 7.15. The van der Waals surface area contributed by atoms with Crippen LogP contribution in [0.3, 0.4) is 0 Å². The summed E-state index contributed by atoms with van der Waals surface area (Å²) in [5.74, 6) is 0. The lowest BCUT2D eigenvalue weighted by Crippen LogP contribution is -2.26. The minimum absolute atomic E-state index is 0.277. The molecule has 19 heavy (non-hydrogen) atoms. The molecule has 0 saturated heterocycles. The van der Waals surface area contributed by atoms with Gasteiger partial charge in [-0.25, -0.2) is 8.42 Å². The highest BCUT2D eigenvalue weighted by atomic mass is 79.9. The molecule has 0 aliphatic rings. The van der Waals surface area contributed by atoms with E-state index in [9.17, 15) is 8.42 Å². The Morgan fingerprint density at radius 3 is 2.00 bits per heavy atom. The largest absolute Gasteiger partial charge is 0.269 e. The van der Waals surface area contributed by atoms with Crippen molar-refractivity contribution in [3.63, 3.8) is 0 Å². The minimum atomic E-state index is -3.51. The van der Waals surface area contributed by atoms with Gasteiger partial charge in [0.05, 0.1) is 10.6 Å². The molecule has 2 aromatic carbocycles. The van der Waals surface area contributed by atoms with Gasteiger partial charge >= 0.3 is 0 Å². The van der Waals surface area contributed by atoms with Gasteiger partial charge in [-0.15, -0.1) is 0 Å². The number of benzene rings is 2. The highest BCUT2D eigenvalue weighted by Gasteiger charge is 2.20. The summed E-state index contributed by atoms with van der Waals surface area (Å²) in [7, 11) is -1.95. The van der Waals surface area contributed by atoms with Crippen molar-refractivity contribution in [2.24, 2.45) is 0 Å². The number of anilines is 1. The number of sulfonamides is 1. The van der Waals surface area contributed by atoms with Gasteiger partial charge in [-0.2, -0.15) is 0 Å². The summed E-state index contributed by atoms with van der Waals surface area (Å²) in [5, 5.41) is 0. The Balaban J connectivity index is 2.39. The predicted octanol–water partition coefficient (Wildman–Crippen LogP) is 3.58. The SMILES string of the molecule is Cc1ccc(N(C)S(=O)(=O)c2ccc(Br)cc2)cc1. The molecule has 3 nitrogen and oxygen atoms in total. The standard InChI is InChI=1S/C14H14BrNO2S/c1-11-3-7-13(8-4-11)16(2)19(17,18)14-9-5-12(15)6-10-14/h3-10H,1-2H3. The number of hydrogen-bond donors (Lipinski definition) is 0. The molecule has 0 heterocycles. The van der Waals surface area contributed by atoms with Crippen molar-refractivity contribution in [2.45, 2.75) is 11.8 Å². The lowest BCUT2D eigenvalue weighted by molar-refractivity contribution is 0.594. The predicted molar refractivity (Wildman–Crippen MR) is 80.9 cm³/mol. The number of nitrogens with zero attached hydrogens (tertiary/aromatic N) is 1. The number of aryl methyl sites for hydroxylation is 1. The van der Waals surface area contributed by atoms with Crippen LogP contribution in [-0.2, 0) is 10.0 Å². The van der Waals surface area contributed by atoms with E-state index in [2.05, 4.69) is 15.9 Å². The van der Waals surface area contributed by atoms with Crippen LogP contribution in [0.1, 0.15) is 5.56 Å². The molecular weight excluding hydrogens is 326 g/mol. The van der Waals surface area contributed by atoms with Gasteiger partial charge in [0.1, 0.15) is 0 Å². The molecule has 5 heteroatoms. The first-order valence-electron chi connectivity index (χ1n) is 5.72. The number of hydrogen-bond acceptors (Lipinski definition) is 2. The Morgan fingerprint density at radius 2 is 1.47 bits per heavy atom. The van der Waals surface area contributed by atoms with Crippen LogP contribution in [0.4, 0.5) is 5.69 Å². The summed E-state index contributed by atoms with van der Waals surface area (Å²) in [6.45, 7) is 1.97. The van der Waals surface area contributed by atoms with Gasteiger partial charge in [-0.1, -0.05) is 33.6 Å². The first-order chi connectivity index (χ1) is 8.91. The van der Waals surface area contributed by atoms with Gasteiger partial charge in [-0.3, -0.25) is 4.31 Å². The van der Waals surface area contributed by atoms with Gasteiger partial charge < -0.3 is 0 Å². The van der Waals surface area contributed by atoms with Crippen LogP contribution in [-0.4, -0.2) is 15.5 Å². The molecule has 0 unspecified atom stereocenters. The fraction of sp³-hybridized carbons (Fsp3) is 0.143. The molecule has 0 spiro atoms. The maximum absolute atomic E-state index is 12.4. The molecule has 0 radical (unpaired) electrons. The first kappa shape index (κ1) is 14.1. The van der Waals surface area contributed by atoms with E-state index in [1.54, 1.807) is 43.4 Å². The molecule has 0 N–H and O–H groups in total. The van der Waals surface area contributed by atoms with E-state index >= 15 is 0 Å². The highest BCUT2D eigenvalue weighted by Crippen LogP contribution is 2.23. The topological polar surface area (TPSA) is 37.4 Å². The van der Waals surface area contributed by atoms with Crippen molar-refractivity contribution in [1.82, 2.24) is 0 Å². The third-order valence-corrected chi connectivity index (χ3v) is 5.20. The lowest BCUT2D eigenvalue weighted by Gasteiger charge is -2.19. The summed E-state index contributed by atoms with van der Waals surface area (Å²) in [5.41, 5.74) is 1.74. The van der Waals surface area contributed by atoms with Gasteiger partial charge in [0, 0.05) is 11.5 Å². The minimum Gasteiger partial charge on any atom is -0.269 e. The molecular formula is C14H14BrNO2S. The summed E-state index contributed by atoms with van der Waals surface area (Å²) in [6.07, 6.45) is 0. The van der Waals surface area contributed by atoms with E-state index < -0.39 is 10.0 Å². The highest BCUT2D eigenvalue weighted by molar-refractivity contribution is 9.10. The molecule has 0 fully saturated rings. The van der Waals surface area contributed by atoms with Crippen LogP contribution in [0.2, 0.25) is 0 Å². The van der Waals surface area contributed by atoms with Gasteiger partial charge in [0.25, 0.3) is 10.0 Å². The zero-order valence-corrected chi connectivity index (χ0v) is 13.1. The third kappa shape index (κ3) is 2.98. The zero-order valence-electron chi connectivity index (χ0n) is 10.7. The third-order valence-electron chi connectivity index (χ3n) is 2.87. The second-order valence-electron chi connectivity index (χ2n) is 4.26. The van der Waals surface area contributed by atoms with Crippen molar-refractivity contribution in [2.75, 3.05) is 11.4 Å². The Morgan fingerprint density at radius 1 is 0.947 bits per heavy atom. The van der Waals surface area contributed by atoms with Gasteiger partial charge in [0.2, 0.25) is 0 Å². The van der Waals surface area contributed by atoms with Crippen LogP contribution in [0, 0.1) is 6.92 Å². The number of halogens is 1. The van der Waals surface area contributed by atoms with E-state index in [1.807, 2.05) is 19.1 Å². The van der Waals surface area contributed by atoms with Crippen LogP contribution < -0.4 is 4.31 Å². The van der Waals surface area contributed by atoms with Crippen LogP contribution >= 0.6 is 15.9 Å². The molecule has 0 atom stereocenters. The van der Waals surface area contributed by atoms with Crippen molar-refractivity contribution < 1.29 is 8.42 Å². The summed E-state index contributed by atoms with van der Waals surface area (Å²) >= 11 is 3.29. The average Bonchev–Trinajstić information content (AvgIpc) is 2.39. The maximum atomic E-state index is 12.4. The van der Waals surface area contributed by atoms with E-state index in [4.69, 9.17) is 0 Å². The summed E-state index contributed by atoms with van der Waals surface area (Å²) in [4.78, 5) is 0.277. The smallest absolute Gasteiger partial charge is 0.264 e. The van der Waals surface area contributed by atoms with E-state index in [0.717, 1.165) is 10.0 Å². The molecule has 2 aromatic rings. The normalized spacial score (nSPS) is 11.3. The van der Waals surface area contributed by atoms with Crippen molar-refractivity contribution in [3.05, 3.63) is 58.6 Å². The van der Waals surface area contributed by atoms with Gasteiger partial charge in [-0.05, 0) is 43.3 Å². The Kier molecular flexibility index (Phi) is 3.96. The Hall–Kier alpha value is -1.33. The molecule has 0 aromatic heterocycles. The van der Waals surface area contributed by atoms with Crippen LogP contribution in [0.5, 0.6) is 0 Å².